The van der Waals surface area contributed by atoms with Gasteiger partial charge in [-0.1, -0.05) is 217 Å². The fourth-order valence-corrected chi connectivity index (χ4v) is 16.9. The Morgan fingerprint density at radius 3 is 0.497 bits per heavy atom. The van der Waals surface area contributed by atoms with Gasteiger partial charge in [-0.3, -0.25) is 28.8 Å². The number of carboxylic acid groups (broad SMARTS) is 6. The number of rotatable bonds is 35. The number of hydrogen-bond donors (Lipinski definition) is 16. The van der Waals surface area contributed by atoms with Crippen LogP contribution in [0.3, 0.4) is 0 Å². The number of halogens is 10. The fraction of sp³-hybridized carbons (Fsp3) is 0.425. The average molecular weight is 2170 g/mol. The van der Waals surface area contributed by atoms with Crippen LogP contribution in [0, 0.1) is 29.6 Å². The lowest BCUT2D eigenvalue weighted by Crippen LogP contribution is -2.27. The highest BCUT2D eigenvalue weighted by atomic mass is 35.5. The molecule has 10 aromatic rings. The molecule has 0 unspecified atom stereocenters. The molecule has 27 nitrogen and oxygen atoms in total. The second-order valence-corrected chi connectivity index (χ2v) is 40.2. The maximum atomic E-state index is 8.36. The molecule has 37 heteroatoms. The SMILES string of the molecule is CC(C)c1cc(Nc2ccc(Cl)c(Cl)c2)ncc1CNCC1CCC1.CC(C)c1cc(Nc2ccc(Cl)c(Cl)c2)ncc1CNCC1CCC1.CC(C)c1cc(Nc2ccc(Cl)c(Cl)c2)ncc1CNCC1CCC1.CC(C)c1cc(Nc2ccc(Cl)c(Cl)c2)ncc1CNCC1CCC1.CC(C)c1cc(Nc2ccc(Cl)c(Cl)c2)ncc1CNCC1CCC1.O=CO.O=CO.O=CO.O=CO.O=CO.O=CO. The summed E-state index contributed by atoms with van der Waals surface area (Å²) < 4.78 is 0. The van der Waals surface area contributed by atoms with Crippen LogP contribution < -0.4 is 53.2 Å². The van der Waals surface area contributed by atoms with E-state index in [1.54, 1.807) is 30.3 Å². The third kappa shape index (κ3) is 46.3. The summed E-state index contributed by atoms with van der Waals surface area (Å²) in [5.41, 5.74) is 17.4. The van der Waals surface area contributed by atoms with Gasteiger partial charge in [0, 0.05) is 92.1 Å². The van der Waals surface area contributed by atoms with Crippen molar-refractivity contribution in [3.63, 3.8) is 0 Å². The van der Waals surface area contributed by atoms with Crippen molar-refractivity contribution in [1.82, 2.24) is 51.5 Å². The van der Waals surface area contributed by atoms with Crippen LogP contribution in [0.15, 0.2) is 152 Å². The Labute approximate surface area is 891 Å². The molecule has 15 rings (SSSR count). The first-order valence-electron chi connectivity index (χ1n) is 47.7. The lowest BCUT2D eigenvalue weighted by atomic mass is 9.85. The minimum absolute atomic E-state index is 0.250. The summed E-state index contributed by atoms with van der Waals surface area (Å²) in [6, 6.07) is 38.2. The number of anilines is 10. The molecule has 143 heavy (non-hydrogen) atoms. The van der Waals surface area contributed by atoms with Gasteiger partial charge in [0.1, 0.15) is 29.1 Å². The van der Waals surface area contributed by atoms with Crippen molar-refractivity contribution in [2.24, 2.45) is 29.6 Å². The van der Waals surface area contributed by atoms with E-state index in [9.17, 15) is 0 Å². The molecule has 0 saturated heterocycles. The van der Waals surface area contributed by atoms with Crippen LogP contribution >= 0.6 is 116 Å². The standard InChI is InChI=1S/5C20H25Cl2N3.6CH2O2/c5*1-13(2)17-9-20(25-16-6-7-18(21)19(22)8-16)24-12-15(17)11-23-10-14-4-3-5-14;6*2-1-3/h5*6-9,12-14,23H,3-5,10-11H2,1-2H3,(H,24,25);6*1H,(H,2,3). The molecule has 0 amide bonds. The zero-order valence-electron chi connectivity index (χ0n) is 82.5. The van der Waals surface area contributed by atoms with E-state index >= 15 is 0 Å². The number of aromatic nitrogens is 5. The number of hydrogen-bond acceptors (Lipinski definition) is 21. The molecule has 0 spiro atoms. The lowest BCUT2D eigenvalue weighted by molar-refractivity contribution is -0.123. The van der Waals surface area contributed by atoms with Gasteiger partial charge in [-0.15, -0.1) is 0 Å². The van der Waals surface area contributed by atoms with Crippen molar-refractivity contribution in [3.8, 4) is 0 Å². The van der Waals surface area contributed by atoms with E-state index < -0.39 is 0 Å². The molecule has 5 heterocycles. The first-order valence-corrected chi connectivity index (χ1v) is 51.5. The van der Waals surface area contributed by atoms with Crippen molar-refractivity contribution in [3.05, 3.63) is 258 Å². The van der Waals surface area contributed by atoms with Crippen molar-refractivity contribution in [1.29, 1.82) is 0 Å². The molecule has 0 radical (unpaired) electrons. The number of pyridine rings is 5. The Hall–Kier alpha value is -9.63. The molecular formula is C106H137Cl10N15O12. The van der Waals surface area contributed by atoms with Gasteiger partial charge < -0.3 is 83.8 Å². The van der Waals surface area contributed by atoms with Crippen molar-refractivity contribution in [2.75, 3.05) is 59.3 Å². The highest BCUT2D eigenvalue weighted by Crippen LogP contribution is 2.38. The van der Waals surface area contributed by atoms with Crippen LogP contribution in [-0.4, -0.2) is 127 Å². The Kier molecular flexibility index (Phi) is 60.1. The van der Waals surface area contributed by atoms with Gasteiger partial charge in [0.25, 0.3) is 38.8 Å². The first-order chi connectivity index (χ1) is 68.6. The smallest absolute Gasteiger partial charge is 0.290 e. The number of nitrogens with zero attached hydrogens (tertiary/aromatic N) is 5. The molecule has 16 N–H and O–H groups in total. The maximum absolute atomic E-state index is 8.36. The van der Waals surface area contributed by atoms with E-state index in [1.807, 2.05) is 91.6 Å². The first kappa shape index (κ1) is 124. The van der Waals surface area contributed by atoms with Crippen LogP contribution in [0.25, 0.3) is 0 Å². The van der Waals surface area contributed by atoms with Gasteiger partial charge in [-0.25, -0.2) is 24.9 Å². The van der Waals surface area contributed by atoms with E-state index in [-0.39, 0.29) is 38.8 Å². The molecule has 0 bridgehead atoms. The van der Waals surface area contributed by atoms with Crippen LogP contribution in [0.1, 0.15) is 251 Å². The van der Waals surface area contributed by atoms with E-state index in [1.165, 1.54) is 152 Å². The number of carbonyl (C=O) groups is 6. The second-order valence-electron chi connectivity index (χ2n) is 36.2. The summed E-state index contributed by atoms with van der Waals surface area (Å²) in [5, 5.41) is 81.3. The largest absolute Gasteiger partial charge is 0.483 e. The summed E-state index contributed by atoms with van der Waals surface area (Å²) in [6.07, 6.45) is 30.5. The van der Waals surface area contributed by atoms with E-state index in [0.717, 1.165) is 153 Å². The van der Waals surface area contributed by atoms with Gasteiger partial charge in [0.05, 0.1) is 50.2 Å². The molecule has 0 aliphatic heterocycles. The highest BCUT2D eigenvalue weighted by Gasteiger charge is 2.24. The zero-order chi connectivity index (χ0) is 105. The molecule has 778 valence electrons. The quantitative estimate of drug-likeness (QED) is 0.0164. The molecule has 5 aromatic heterocycles. The van der Waals surface area contributed by atoms with Crippen molar-refractivity contribution < 1.29 is 59.4 Å². The molecule has 5 fully saturated rings. The van der Waals surface area contributed by atoms with Gasteiger partial charge in [0.2, 0.25) is 0 Å². The van der Waals surface area contributed by atoms with Gasteiger partial charge >= 0.3 is 0 Å². The van der Waals surface area contributed by atoms with E-state index in [2.05, 4.69) is 178 Å². The zero-order valence-corrected chi connectivity index (χ0v) is 90.1. The Morgan fingerprint density at radius 2 is 0.385 bits per heavy atom. The molecule has 5 saturated carbocycles. The normalized spacial score (nSPS) is 13.3. The van der Waals surface area contributed by atoms with Crippen LogP contribution in [-0.2, 0) is 61.5 Å². The topological polar surface area (TPSA) is 409 Å². The van der Waals surface area contributed by atoms with E-state index in [4.69, 9.17) is 175 Å². The van der Waals surface area contributed by atoms with Crippen molar-refractivity contribution in [2.45, 2.75) is 228 Å². The van der Waals surface area contributed by atoms with E-state index in [0.29, 0.717) is 79.8 Å². The fourth-order valence-electron chi connectivity index (χ4n) is 15.4. The third-order valence-electron chi connectivity index (χ3n) is 24.0. The van der Waals surface area contributed by atoms with Crippen LogP contribution in [0.4, 0.5) is 57.5 Å². The minimum Gasteiger partial charge on any atom is -0.483 e. The Balaban J connectivity index is 0.000000301. The predicted octanol–water partition coefficient (Wildman–Crippen LogP) is 28.9. The monoisotopic (exact) mass is 2160 g/mol. The minimum atomic E-state index is -0.250. The highest BCUT2D eigenvalue weighted by molar-refractivity contribution is 6.44. The summed E-state index contributed by atoms with van der Waals surface area (Å²) in [6.45, 7) is 30.6. The third-order valence-corrected chi connectivity index (χ3v) is 27.7. The maximum Gasteiger partial charge on any atom is 0.290 e. The molecule has 5 aromatic carbocycles. The summed E-state index contributed by atoms with van der Waals surface area (Å²) in [5.74, 6) is 10.7. The molecular weight excluding hydrogens is 2030 g/mol. The van der Waals surface area contributed by atoms with Gasteiger partial charge in [0.15, 0.2) is 0 Å². The number of nitrogens with one attached hydrogen (secondary N) is 10. The average Bonchev–Trinajstić information content (AvgIpc) is 0.843. The predicted molar refractivity (Wildman–Crippen MR) is 588 cm³/mol. The van der Waals surface area contributed by atoms with Crippen molar-refractivity contribution >= 4 is 212 Å². The second kappa shape index (κ2) is 69.4. The summed E-state index contributed by atoms with van der Waals surface area (Å²) in [7, 11) is 0. The molecule has 0 atom stereocenters. The van der Waals surface area contributed by atoms with Gasteiger partial charge in [-0.2, -0.15) is 0 Å². The molecule has 5 aliphatic carbocycles. The summed E-state index contributed by atoms with van der Waals surface area (Å²) >= 11 is 60.3. The Bertz CT molecular complexity index is 4710. The lowest BCUT2D eigenvalue weighted by Gasteiger charge is -2.25. The summed E-state index contributed by atoms with van der Waals surface area (Å²) in [4.78, 5) is 73.0. The Morgan fingerprint density at radius 1 is 0.245 bits per heavy atom. The van der Waals surface area contributed by atoms with Gasteiger partial charge in [-0.05, 0) is 333 Å². The van der Waals surface area contributed by atoms with Crippen LogP contribution in [0.2, 0.25) is 50.2 Å². The number of benzene rings is 5. The molecule has 5 aliphatic rings. The van der Waals surface area contributed by atoms with Crippen LogP contribution in [0.5, 0.6) is 0 Å².